The van der Waals surface area contributed by atoms with Crippen molar-refractivity contribution in [2.75, 3.05) is 20.3 Å². The van der Waals surface area contributed by atoms with E-state index >= 15 is 0 Å². The molecular weight excluding hydrogens is 112 g/mol. The van der Waals surface area contributed by atoms with Gasteiger partial charge in [-0.15, -0.1) is 6.42 Å². The molecule has 9 heavy (non-hydrogen) atoms. The number of nitrogens with zero attached hydrogens (tertiary/aromatic N) is 2. The number of hydrogen-bond acceptors (Lipinski definition) is 2. The molecule has 0 aliphatic carbocycles. The molecule has 1 heterocycles. The van der Waals surface area contributed by atoms with Crippen molar-refractivity contribution in [1.29, 1.82) is 0 Å². The summed E-state index contributed by atoms with van der Waals surface area (Å²) in [5, 5.41) is 0. The van der Waals surface area contributed by atoms with Crippen LogP contribution in [0.1, 0.15) is 0 Å². The summed E-state index contributed by atoms with van der Waals surface area (Å²) in [6, 6.07) is 0. The third kappa shape index (κ3) is 1.39. The molecule has 0 fully saturated rings. The monoisotopic (exact) mass is 122 g/mol. The first kappa shape index (κ1) is 6.03. The Kier molecular flexibility index (Phi) is 1.64. The van der Waals surface area contributed by atoms with Crippen LogP contribution >= 0.6 is 0 Å². The van der Waals surface area contributed by atoms with Crippen molar-refractivity contribution in [3.8, 4) is 12.3 Å². The van der Waals surface area contributed by atoms with Gasteiger partial charge in [-0.2, -0.15) is 0 Å². The van der Waals surface area contributed by atoms with Crippen LogP contribution in [-0.2, 0) is 0 Å². The lowest BCUT2D eigenvalue weighted by atomic mass is 10.6. The van der Waals surface area contributed by atoms with E-state index in [1.807, 2.05) is 19.4 Å². The Balaban J connectivity index is 2.34. The van der Waals surface area contributed by atoms with Crippen LogP contribution < -0.4 is 0 Å². The Morgan fingerprint density at radius 3 is 2.89 bits per heavy atom. The maximum Gasteiger partial charge on any atom is 0.0899 e. The van der Waals surface area contributed by atoms with Crippen LogP contribution in [0.15, 0.2) is 12.4 Å². The topological polar surface area (TPSA) is 6.48 Å². The highest BCUT2D eigenvalue weighted by Crippen LogP contribution is 2.00. The largest absolute Gasteiger partial charge is 0.362 e. The van der Waals surface area contributed by atoms with E-state index in [1.54, 1.807) is 0 Å². The Morgan fingerprint density at radius 1 is 1.67 bits per heavy atom. The second kappa shape index (κ2) is 2.45. The smallest absolute Gasteiger partial charge is 0.0899 e. The van der Waals surface area contributed by atoms with Crippen LogP contribution in [0, 0.1) is 12.3 Å². The fourth-order valence-corrected chi connectivity index (χ4v) is 0.809. The van der Waals surface area contributed by atoms with Gasteiger partial charge in [-0.3, -0.25) is 0 Å². The quantitative estimate of drug-likeness (QED) is 0.461. The van der Waals surface area contributed by atoms with E-state index < -0.39 is 0 Å². The van der Waals surface area contributed by atoms with Gasteiger partial charge in [0.25, 0.3) is 0 Å². The van der Waals surface area contributed by atoms with Gasteiger partial charge in [-0.25, -0.2) is 0 Å². The molecule has 1 rings (SSSR count). The van der Waals surface area contributed by atoms with Gasteiger partial charge in [-0.05, 0) is 0 Å². The van der Waals surface area contributed by atoms with Crippen LogP contribution in [0.4, 0.5) is 0 Å². The first-order valence-corrected chi connectivity index (χ1v) is 2.89. The van der Waals surface area contributed by atoms with Crippen molar-refractivity contribution in [2.24, 2.45) is 0 Å². The zero-order valence-electron chi connectivity index (χ0n) is 5.54. The Labute approximate surface area is 55.8 Å². The Hall–Kier alpha value is -1.10. The first-order valence-electron chi connectivity index (χ1n) is 2.89. The molecule has 2 nitrogen and oxygen atoms in total. The molecule has 0 atom stereocenters. The van der Waals surface area contributed by atoms with E-state index in [9.17, 15) is 0 Å². The fraction of sp³-hybridized carbons (Fsp3) is 0.429. The highest BCUT2D eigenvalue weighted by atomic mass is 15.3. The van der Waals surface area contributed by atoms with Crippen LogP contribution in [0.2, 0.25) is 0 Å². The zero-order valence-corrected chi connectivity index (χ0v) is 5.54. The predicted molar refractivity (Wildman–Crippen MR) is 37.3 cm³/mol. The lowest BCUT2D eigenvalue weighted by Crippen LogP contribution is -2.22. The van der Waals surface area contributed by atoms with Gasteiger partial charge in [0.1, 0.15) is 0 Å². The Morgan fingerprint density at radius 2 is 2.44 bits per heavy atom. The predicted octanol–water partition coefficient (Wildman–Crippen LogP) is 0.296. The molecule has 2 heteroatoms. The summed E-state index contributed by atoms with van der Waals surface area (Å²) >= 11 is 0. The van der Waals surface area contributed by atoms with Gasteiger partial charge in [0, 0.05) is 19.4 Å². The number of terminal acetylenes is 1. The molecule has 1 aliphatic heterocycles. The minimum absolute atomic E-state index is 0.709. The summed E-state index contributed by atoms with van der Waals surface area (Å²) in [6.45, 7) is 1.63. The van der Waals surface area contributed by atoms with Gasteiger partial charge >= 0.3 is 0 Å². The molecular formula is C7H10N2. The van der Waals surface area contributed by atoms with Gasteiger partial charge in [0.15, 0.2) is 0 Å². The van der Waals surface area contributed by atoms with E-state index in [4.69, 9.17) is 6.42 Å². The van der Waals surface area contributed by atoms with Gasteiger partial charge in [0.2, 0.25) is 0 Å². The van der Waals surface area contributed by atoms with Gasteiger partial charge in [-0.1, -0.05) is 5.92 Å². The normalized spacial score (nSPS) is 16.4. The van der Waals surface area contributed by atoms with Crippen LogP contribution in [0.25, 0.3) is 0 Å². The van der Waals surface area contributed by atoms with Gasteiger partial charge < -0.3 is 9.80 Å². The zero-order chi connectivity index (χ0) is 6.69. The van der Waals surface area contributed by atoms with Gasteiger partial charge in [0.05, 0.1) is 13.2 Å². The van der Waals surface area contributed by atoms with Crippen molar-refractivity contribution in [3.63, 3.8) is 0 Å². The lowest BCUT2D eigenvalue weighted by molar-refractivity contribution is 0.321. The molecule has 1 aliphatic rings. The maximum atomic E-state index is 5.11. The highest BCUT2D eigenvalue weighted by Gasteiger charge is 2.04. The standard InChI is InChI=1S/C7H10N2/c1-3-4-9-6-5-8(2)7-9/h1,5-6H,4,7H2,2H3. The molecule has 0 unspecified atom stereocenters. The van der Waals surface area contributed by atoms with Crippen molar-refractivity contribution in [2.45, 2.75) is 0 Å². The third-order valence-corrected chi connectivity index (χ3v) is 1.23. The minimum Gasteiger partial charge on any atom is -0.362 e. The molecule has 0 radical (unpaired) electrons. The van der Waals surface area contributed by atoms with Crippen molar-refractivity contribution in [1.82, 2.24) is 9.80 Å². The molecule has 0 aromatic heterocycles. The van der Waals surface area contributed by atoms with Crippen molar-refractivity contribution in [3.05, 3.63) is 12.4 Å². The molecule has 0 amide bonds. The summed E-state index contributed by atoms with van der Waals surface area (Å²) in [4.78, 5) is 4.15. The fourth-order valence-electron chi connectivity index (χ4n) is 0.809. The second-order valence-corrected chi connectivity index (χ2v) is 2.15. The summed E-state index contributed by atoms with van der Waals surface area (Å²) in [5.74, 6) is 2.58. The van der Waals surface area contributed by atoms with E-state index in [0.29, 0.717) is 6.54 Å². The number of rotatable bonds is 1. The summed E-state index contributed by atoms with van der Waals surface area (Å²) in [5.41, 5.74) is 0. The summed E-state index contributed by atoms with van der Waals surface area (Å²) < 4.78 is 0. The SMILES string of the molecule is C#CCN1C=CN(C)C1. The summed E-state index contributed by atoms with van der Waals surface area (Å²) in [6.07, 6.45) is 9.12. The average molecular weight is 122 g/mol. The van der Waals surface area contributed by atoms with Crippen molar-refractivity contribution < 1.29 is 0 Å². The van der Waals surface area contributed by atoms with E-state index in [-0.39, 0.29) is 0 Å². The molecule has 0 saturated carbocycles. The lowest BCUT2D eigenvalue weighted by Gasteiger charge is -2.14. The van der Waals surface area contributed by atoms with E-state index in [2.05, 4.69) is 15.7 Å². The summed E-state index contributed by atoms with van der Waals surface area (Å²) in [7, 11) is 2.02. The molecule has 0 bridgehead atoms. The first-order chi connectivity index (χ1) is 4.33. The highest BCUT2D eigenvalue weighted by molar-refractivity contribution is 4.96. The van der Waals surface area contributed by atoms with Crippen LogP contribution in [0.5, 0.6) is 0 Å². The van der Waals surface area contributed by atoms with Crippen LogP contribution in [0.3, 0.4) is 0 Å². The maximum absolute atomic E-state index is 5.11. The van der Waals surface area contributed by atoms with E-state index in [1.165, 1.54) is 0 Å². The van der Waals surface area contributed by atoms with E-state index in [0.717, 1.165) is 6.67 Å². The molecule has 0 aromatic rings. The molecule has 0 N–H and O–H groups in total. The average Bonchev–Trinajstić information content (AvgIpc) is 2.17. The third-order valence-electron chi connectivity index (χ3n) is 1.23. The second-order valence-electron chi connectivity index (χ2n) is 2.15. The molecule has 48 valence electrons. The van der Waals surface area contributed by atoms with Crippen molar-refractivity contribution >= 4 is 0 Å². The molecule has 0 spiro atoms. The molecule has 0 aromatic carbocycles. The van der Waals surface area contributed by atoms with Crippen LogP contribution in [-0.4, -0.2) is 30.1 Å². The minimum atomic E-state index is 0.709. The number of hydrogen-bond donors (Lipinski definition) is 0. The Bertz CT molecular complexity index is 155. The molecule has 0 saturated heterocycles.